The molecule has 0 fully saturated rings. The van der Waals surface area contributed by atoms with Gasteiger partial charge in [0.05, 0.1) is 5.76 Å². The van der Waals surface area contributed by atoms with E-state index in [1.165, 1.54) is 37.9 Å². The minimum Gasteiger partial charge on any atom is -0.550 e. The van der Waals surface area contributed by atoms with Crippen LogP contribution in [0.5, 0.6) is 0 Å². The van der Waals surface area contributed by atoms with Gasteiger partial charge in [-0.15, -0.1) is 0 Å². The van der Waals surface area contributed by atoms with Gasteiger partial charge in [-0.1, -0.05) is 27.2 Å². The van der Waals surface area contributed by atoms with Gasteiger partial charge in [0.15, 0.2) is 0 Å². The van der Waals surface area contributed by atoms with Crippen molar-refractivity contribution in [2.24, 2.45) is 11.3 Å². The van der Waals surface area contributed by atoms with E-state index >= 15 is 0 Å². The van der Waals surface area contributed by atoms with Crippen LogP contribution < -0.4 is 0 Å². The SMILES string of the molecule is C[SiH](C)OC1=CCC(C(C)(C)C)CCCC1. The molecule has 16 heavy (non-hydrogen) atoms. The average molecular weight is 240 g/mol. The standard InChI is InChI=1S/C14H28OSi/c1-14(2,3)12-8-6-7-9-13(11-10-12)15-16(4)5/h11-12,16H,6-10H2,1-5H3. The van der Waals surface area contributed by atoms with Crippen molar-refractivity contribution in [3.05, 3.63) is 11.8 Å². The largest absolute Gasteiger partial charge is 0.550 e. The summed E-state index contributed by atoms with van der Waals surface area (Å²) in [6.07, 6.45) is 8.80. The molecule has 1 nitrogen and oxygen atoms in total. The molecule has 0 radical (unpaired) electrons. The fourth-order valence-electron chi connectivity index (χ4n) is 2.38. The van der Waals surface area contributed by atoms with Gasteiger partial charge in [-0.25, -0.2) is 0 Å². The molecule has 1 aliphatic rings. The molecule has 0 aromatic rings. The van der Waals surface area contributed by atoms with E-state index in [9.17, 15) is 0 Å². The topological polar surface area (TPSA) is 9.23 Å². The molecular formula is C14H28OSi. The Balaban J connectivity index is 2.62. The zero-order valence-electron chi connectivity index (χ0n) is 11.7. The zero-order chi connectivity index (χ0) is 12.2. The maximum atomic E-state index is 5.99. The van der Waals surface area contributed by atoms with Gasteiger partial charge in [-0.3, -0.25) is 0 Å². The van der Waals surface area contributed by atoms with E-state index in [-0.39, 0.29) is 0 Å². The Morgan fingerprint density at radius 3 is 2.50 bits per heavy atom. The first kappa shape index (κ1) is 13.8. The maximum Gasteiger partial charge on any atom is 0.229 e. The van der Waals surface area contributed by atoms with Gasteiger partial charge in [-0.05, 0) is 49.8 Å². The van der Waals surface area contributed by atoms with Gasteiger partial charge in [0.2, 0.25) is 9.04 Å². The number of allylic oxidation sites excluding steroid dienone is 2. The molecule has 0 amide bonds. The van der Waals surface area contributed by atoms with Crippen molar-refractivity contribution in [3.63, 3.8) is 0 Å². The fraction of sp³-hybridized carbons (Fsp3) is 0.857. The lowest BCUT2D eigenvalue weighted by molar-refractivity contribution is 0.215. The lowest BCUT2D eigenvalue weighted by Gasteiger charge is -2.31. The molecule has 1 atom stereocenters. The van der Waals surface area contributed by atoms with Gasteiger partial charge in [0, 0.05) is 6.42 Å². The van der Waals surface area contributed by atoms with Crippen molar-refractivity contribution in [3.8, 4) is 0 Å². The molecule has 0 aromatic carbocycles. The first-order valence-corrected chi connectivity index (χ1v) is 9.53. The normalized spacial score (nSPS) is 23.6. The molecular weight excluding hydrogens is 212 g/mol. The third kappa shape index (κ3) is 4.73. The van der Waals surface area contributed by atoms with Crippen molar-refractivity contribution in [1.29, 1.82) is 0 Å². The number of hydrogen-bond donors (Lipinski definition) is 0. The smallest absolute Gasteiger partial charge is 0.229 e. The van der Waals surface area contributed by atoms with Crippen LogP contribution in [0.25, 0.3) is 0 Å². The Bertz CT molecular complexity index is 238. The van der Waals surface area contributed by atoms with Crippen molar-refractivity contribution < 1.29 is 4.43 Å². The molecule has 0 saturated heterocycles. The molecule has 2 heteroatoms. The quantitative estimate of drug-likeness (QED) is 0.646. The van der Waals surface area contributed by atoms with Crippen LogP contribution in [0.2, 0.25) is 13.1 Å². The van der Waals surface area contributed by atoms with Crippen molar-refractivity contribution >= 4 is 9.04 Å². The molecule has 1 rings (SSSR count). The summed E-state index contributed by atoms with van der Waals surface area (Å²) in [5.74, 6) is 2.11. The summed E-state index contributed by atoms with van der Waals surface area (Å²) in [5.41, 5.74) is 0.439. The summed E-state index contributed by atoms with van der Waals surface area (Å²) < 4.78 is 5.99. The number of hydrogen-bond acceptors (Lipinski definition) is 1. The Morgan fingerprint density at radius 1 is 1.25 bits per heavy atom. The second kappa shape index (κ2) is 5.90. The van der Waals surface area contributed by atoms with Crippen LogP contribution in [0.3, 0.4) is 0 Å². The van der Waals surface area contributed by atoms with E-state index in [0.29, 0.717) is 5.41 Å². The third-order valence-corrected chi connectivity index (χ3v) is 4.24. The lowest BCUT2D eigenvalue weighted by Crippen LogP contribution is -2.21. The van der Waals surface area contributed by atoms with Gasteiger partial charge in [0.1, 0.15) is 0 Å². The van der Waals surface area contributed by atoms with Crippen LogP contribution >= 0.6 is 0 Å². The van der Waals surface area contributed by atoms with Crippen LogP contribution in [0.1, 0.15) is 52.9 Å². The molecule has 0 N–H and O–H groups in total. The van der Waals surface area contributed by atoms with Crippen LogP contribution in [-0.4, -0.2) is 9.04 Å². The average Bonchev–Trinajstić information content (AvgIpc) is 2.06. The van der Waals surface area contributed by atoms with Gasteiger partial charge < -0.3 is 4.43 Å². The van der Waals surface area contributed by atoms with Crippen LogP contribution in [0, 0.1) is 11.3 Å². The summed E-state index contributed by atoms with van der Waals surface area (Å²) >= 11 is 0. The van der Waals surface area contributed by atoms with Gasteiger partial charge >= 0.3 is 0 Å². The van der Waals surface area contributed by atoms with Gasteiger partial charge in [0.25, 0.3) is 0 Å². The van der Waals surface area contributed by atoms with E-state index < -0.39 is 9.04 Å². The predicted molar refractivity (Wildman–Crippen MR) is 74.1 cm³/mol. The Kier molecular flexibility index (Phi) is 5.10. The molecule has 1 aliphatic carbocycles. The second-order valence-corrected chi connectivity index (χ2v) is 8.71. The molecule has 94 valence electrons. The second-order valence-electron chi connectivity index (χ2n) is 6.38. The molecule has 0 aliphatic heterocycles. The predicted octanol–water partition coefficient (Wildman–Crippen LogP) is 4.50. The highest BCUT2D eigenvalue weighted by atomic mass is 28.3. The van der Waals surface area contributed by atoms with E-state index in [4.69, 9.17) is 4.43 Å². The highest BCUT2D eigenvalue weighted by Crippen LogP contribution is 2.35. The minimum atomic E-state index is -0.909. The Morgan fingerprint density at radius 2 is 1.94 bits per heavy atom. The highest BCUT2D eigenvalue weighted by molar-refractivity contribution is 6.48. The molecule has 0 saturated carbocycles. The molecule has 0 spiro atoms. The van der Waals surface area contributed by atoms with Crippen molar-refractivity contribution in [1.82, 2.24) is 0 Å². The summed E-state index contributed by atoms with van der Waals surface area (Å²) in [6, 6.07) is 0. The van der Waals surface area contributed by atoms with Crippen molar-refractivity contribution in [2.75, 3.05) is 0 Å². The van der Waals surface area contributed by atoms with Gasteiger partial charge in [-0.2, -0.15) is 0 Å². The Labute approximate surface area is 103 Å². The minimum absolute atomic E-state index is 0.439. The molecule has 0 bridgehead atoms. The van der Waals surface area contributed by atoms with Crippen LogP contribution in [0.4, 0.5) is 0 Å². The van der Waals surface area contributed by atoms with Crippen LogP contribution in [0.15, 0.2) is 11.8 Å². The fourth-order valence-corrected chi connectivity index (χ4v) is 3.20. The van der Waals surface area contributed by atoms with E-state index in [2.05, 4.69) is 39.9 Å². The number of rotatable bonds is 2. The third-order valence-electron chi connectivity index (χ3n) is 3.47. The first-order chi connectivity index (χ1) is 7.39. The maximum absolute atomic E-state index is 5.99. The monoisotopic (exact) mass is 240 g/mol. The molecule has 0 aromatic heterocycles. The summed E-state index contributed by atoms with van der Waals surface area (Å²) in [5, 5.41) is 0. The van der Waals surface area contributed by atoms with E-state index in [0.717, 1.165) is 5.92 Å². The molecule has 0 heterocycles. The van der Waals surface area contributed by atoms with E-state index in [1.54, 1.807) is 0 Å². The van der Waals surface area contributed by atoms with E-state index in [1.807, 2.05) is 0 Å². The zero-order valence-corrected chi connectivity index (χ0v) is 12.8. The summed E-state index contributed by atoms with van der Waals surface area (Å²) in [6.45, 7) is 11.6. The first-order valence-electron chi connectivity index (χ1n) is 6.75. The summed E-state index contributed by atoms with van der Waals surface area (Å²) in [4.78, 5) is 0. The highest BCUT2D eigenvalue weighted by Gasteiger charge is 2.24. The molecule has 1 unspecified atom stereocenters. The Hall–Kier alpha value is -0.243. The van der Waals surface area contributed by atoms with Crippen molar-refractivity contribution in [2.45, 2.75) is 66.0 Å². The lowest BCUT2D eigenvalue weighted by atomic mass is 9.75. The van der Waals surface area contributed by atoms with Crippen LogP contribution in [-0.2, 0) is 4.43 Å². The summed E-state index contributed by atoms with van der Waals surface area (Å²) in [7, 11) is -0.909.